The van der Waals surface area contributed by atoms with Crippen molar-refractivity contribution >= 4 is 11.1 Å². The molecule has 0 radical (unpaired) electrons. The van der Waals surface area contributed by atoms with E-state index in [0.29, 0.717) is 0 Å². The molecule has 2 rings (SSSR count). The minimum Gasteiger partial charge on any atom is -0.496 e. The molecule has 0 N–H and O–H groups in total. The summed E-state index contributed by atoms with van der Waals surface area (Å²) in [5.74, 6) is 0.844. The molecule has 2 aromatic rings. The molecule has 12 heavy (non-hydrogen) atoms. The van der Waals surface area contributed by atoms with Crippen LogP contribution in [0, 0.1) is 6.92 Å². The Balaban J connectivity index is 2.73. The maximum absolute atomic E-state index is 5.14. The number of fused-ring (bicyclic) bond motifs is 1. The van der Waals surface area contributed by atoms with Crippen molar-refractivity contribution in [3.63, 3.8) is 0 Å². The molecule has 1 aromatic heterocycles. The molecule has 0 saturated carbocycles. The van der Waals surface area contributed by atoms with Crippen molar-refractivity contribution in [2.45, 2.75) is 6.92 Å². The summed E-state index contributed by atoms with van der Waals surface area (Å²) < 4.78 is 10.3. The monoisotopic (exact) mass is 163 g/mol. The number of hydrogen-bond acceptors (Lipinski definition) is 3. The van der Waals surface area contributed by atoms with Gasteiger partial charge in [0, 0.05) is 6.07 Å². The highest BCUT2D eigenvalue weighted by Crippen LogP contribution is 2.23. The Morgan fingerprint density at radius 1 is 1.42 bits per heavy atom. The largest absolute Gasteiger partial charge is 0.496 e. The van der Waals surface area contributed by atoms with E-state index in [4.69, 9.17) is 9.15 Å². The van der Waals surface area contributed by atoms with Crippen LogP contribution in [0.3, 0.4) is 0 Å². The summed E-state index contributed by atoms with van der Waals surface area (Å²) in [5.41, 5.74) is 2.69. The van der Waals surface area contributed by atoms with E-state index in [2.05, 4.69) is 4.98 Å². The molecule has 0 saturated heterocycles. The van der Waals surface area contributed by atoms with Crippen molar-refractivity contribution in [1.29, 1.82) is 0 Å². The SMILES string of the molecule is COc1cc2ncoc2cc1C. The molecule has 0 aliphatic rings. The predicted molar refractivity (Wildman–Crippen MR) is 45.3 cm³/mol. The molecular weight excluding hydrogens is 154 g/mol. The fourth-order valence-electron chi connectivity index (χ4n) is 1.21. The van der Waals surface area contributed by atoms with Gasteiger partial charge in [-0.05, 0) is 18.6 Å². The standard InChI is InChI=1S/C9H9NO2/c1-6-3-9-7(10-5-12-9)4-8(6)11-2/h3-5H,1-2H3. The summed E-state index contributed by atoms with van der Waals surface area (Å²) in [7, 11) is 1.65. The van der Waals surface area contributed by atoms with Gasteiger partial charge in [0.1, 0.15) is 11.3 Å². The second kappa shape index (κ2) is 2.52. The molecule has 0 amide bonds. The lowest BCUT2D eigenvalue weighted by Gasteiger charge is -2.01. The van der Waals surface area contributed by atoms with Gasteiger partial charge >= 0.3 is 0 Å². The van der Waals surface area contributed by atoms with Crippen LogP contribution in [0.4, 0.5) is 0 Å². The quantitative estimate of drug-likeness (QED) is 0.646. The maximum Gasteiger partial charge on any atom is 0.181 e. The van der Waals surface area contributed by atoms with Crippen LogP contribution in [0.1, 0.15) is 5.56 Å². The second-order valence-corrected chi connectivity index (χ2v) is 2.64. The molecule has 62 valence electrons. The zero-order valence-electron chi connectivity index (χ0n) is 7.00. The average molecular weight is 163 g/mol. The molecule has 0 atom stereocenters. The Kier molecular flexibility index (Phi) is 1.50. The first-order valence-corrected chi connectivity index (χ1v) is 3.69. The molecule has 1 heterocycles. The zero-order chi connectivity index (χ0) is 8.55. The van der Waals surface area contributed by atoms with E-state index in [1.807, 2.05) is 19.1 Å². The number of nitrogens with zero attached hydrogens (tertiary/aromatic N) is 1. The second-order valence-electron chi connectivity index (χ2n) is 2.64. The summed E-state index contributed by atoms with van der Waals surface area (Å²) >= 11 is 0. The first-order valence-electron chi connectivity index (χ1n) is 3.69. The summed E-state index contributed by atoms with van der Waals surface area (Å²) in [6, 6.07) is 3.79. The first-order chi connectivity index (χ1) is 5.81. The summed E-state index contributed by atoms with van der Waals surface area (Å²) in [5, 5.41) is 0. The molecule has 0 spiro atoms. The van der Waals surface area contributed by atoms with Crippen molar-refractivity contribution in [2.24, 2.45) is 0 Å². The Hall–Kier alpha value is -1.51. The third-order valence-corrected chi connectivity index (χ3v) is 1.85. The van der Waals surface area contributed by atoms with Gasteiger partial charge in [-0.3, -0.25) is 0 Å². The maximum atomic E-state index is 5.14. The highest BCUT2D eigenvalue weighted by Gasteiger charge is 2.03. The number of rotatable bonds is 1. The van der Waals surface area contributed by atoms with Crippen molar-refractivity contribution in [3.05, 3.63) is 24.1 Å². The minimum absolute atomic E-state index is 0.799. The van der Waals surface area contributed by atoms with Gasteiger partial charge in [0.25, 0.3) is 0 Å². The van der Waals surface area contributed by atoms with Gasteiger partial charge in [0.15, 0.2) is 12.0 Å². The van der Waals surface area contributed by atoms with E-state index in [0.717, 1.165) is 22.4 Å². The van der Waals surface area contributed by atoms with Gasteiger partial charge in [-0.15, -0.1) is 0 Å². The van der Waals surface area contributed by atoms with Crippen molar-refractivity contribution in [3.8, 4) is 5.75 Å². The molecule has 0 fully saturated rings. The van der Waals surface area contributed by atoms with E-state index < -0.39 is 0 Å². The van der Waals surface area contributed by atoms with Gasteiger partial charge < -0.3 is 9.15 Å². The summed E-state index contributed by atoms with van der Waals surface area (Å²) in [6.07, 6.45) is 1.43. The highest BCUT2D eigenvalue weighted by atomic mass is 16.5. The molecule has 0 unspecified atom stereocenters. The van der Waals surface area contributed by atoms with Crippen LogP contribution in [0.15, 0.2) is 22.9 Å². The first kappa shape index (κ1) is 7.16. The lowest BCUT2D eigenvalue weighted by Crippen LogP contribution is -1.86. The van der Waals surface area contributed by atoms with Crippen LogP contribution in [-0.2, 0) is 0 Å². The zero-order valence-corrected chi connectivity index (χ0v) is 7.00. The number of hydrogen-bond donors (Lipinski definition) is 0. The predicted octanol–water partition coefficient (Wildman–Crippen LogP) is 2.14. The molecule has 0 bridgehead atoms. The van der Waals surface area contributed by atoms with E-state index in [1.165, 1.54) is 6.39 Å². The molecular formula is C9H9NO2. The minimum atomic E-state index is 0.799. The van der Waals surface area contributed by atoms with Crippen LogP contribution < -0.4 is 4.74 Å². The number of ether oxygens (including phenoxy) is 1. The molecule has 3 nitrogen and oxygen atoms in total. The Bertz CT molecular complexity index is 406. The van der Waals surface area contributed by atoms with Crippen molar-refractivity contribution in [1.82, 2.24) is 4.98 Å². The Morgan fingerprint density at radius 3 is 3.00 bits per heavy atom. The smallest absolute Gasteiger partial charge is 0.181 e. The highest BCUT2D eigenvalue weighted by molar-refractivity contribution is 5.75. The van der Waals surface area contributed by atoms with Gasteiger partial charge in [0.2, 0.25) is 0 Å². The van der Waals surface area contributed by atoms with Crippen molar-refractivity contribution < 1.29 is 9.15 Å². The van der Waals surface area contributed by atoms with Gasteiger partial charge in [-0.2, -0.15) is 0 Å². The number of methoxy groups -OCH3 is 1. The Morgan fingerprint density at radius 2 is 2.25 bits per heavy atom. The fourth-order valence-corrected chi connectivity index (χ4v) is 1.21. The van der Waals surface area contributed by atoms with Gasteiger partial charge in [0.05, 0.1) is 7.11 Å². The topological polar surface area (TPSA) is 35.3 Å². The number of benzene rings is 1. The summed E-state index contributed by atoms with van der Waals surface area (Å²) in [6.45, 7) is 1.97. The third-order valence-electron chi connectivity index (χ3n) is 1.85. The van der Waals surface area contributed by atoms with E-state index in [9.17, 15) is 0 Å². The fraction of sp³-hybridized carbons (Fsp3) is 0.222. The molecule has 3 heteroatoms. The van der Waals surface area contributed by atoms with E-state index >= 15 is 0 Å². The number of oxazole rings is 1. The van der Waals surface area contributed by atoms with Crippen LogP contribution in [0.25, 0.3) is 11.1 Å². The molecule has 0 aliphatic carbocycles. The van der Waals surface area contributed by atoms with E-state index in [1.54, 1.807) is 7.11 Å². The van der Waals surface area contributed by atoms with E-state index in [-0.39, 0.29) is 0 Å². The van der Waals surface area contributed by atoms with Crippen LogP contribution in [-0.4, -0.2) is 12.1 Å². The number of aromatic nitrogens is 1. The van der Waals surface area contributed by atoms with Crippen LogP contribution in [0.5, 0.6) is 5.75 Å². The van der Waals surface area contributed by atoms with Crippen molar-refractivity contribution in [2.75, 3.05) is 7.11 Å². The lowest BCUT2D eigenvalue weighted by atomic mass is 10.2. The number of aryl methyl sites for hydroxylation is 1. The van der Waals surface area contributed by atoms with Crippen LogP contribution >= 0.6 is 0 Å². The molecule has 0 aliphatic heterocycles. The Labute approximate surface area is 70.0 Å². The van der Waals surface area contributed by atoms with Gasteiger partial charge in [-0.1, -0.05) is 0 Å². The lowest BCUT2D eigenvalue weighted by molar-refractivity contribution is 0.412. The summed E-state index contributed by atoms with van der Waals surface area (Å²) in [4.78, 5) is 4.02. The average Bonchev–Trinajstić information content (AvgIpc) is 2.49. The normalized spacial score (nSPS) is 10.5. The van der Waals surface area contributed by atoms with Gasteiger partial charge in [-0.25, -0.2) is 4.98 Å². The third kappa shape index (κ3) is 0.942. The van der Waals surface area contributed by atoms with Crippen LogP contribution in [0.2, 0.25) is 0 Å². The molecule has 1 aromatic carbocycles.